The summed E-state index contributed by atoms with van der Waals surface area (Å²) in [6.07, 6.45) is 0.193. The van der Waals surface area contributed by atoms with Crippen LogP contribution in [-0.4, -0.2) is 41.9 Å². The summed E-state index contributed by atoms with van der Waals surface area (Å²) in [5.74, 6) is -0.930. The zero-order valence-corrected chi connectivity index (χ0v) is 7.99. The molecule has 0 saturated carbocycles. The second-order valence-electron chi connectivity index (χ2n) is 3.42. The molecule has 0 aromatic heterocycles. The van der Waals surface area contributed by atoms with E-state index in [4.69, 9.17) is 0 Å². The Bertz CT molecular complexity index is 297. The van der Waals surface area contributed by atoms with Gasteiger partial charge in [0, 0.05) is 12.8 Å². The van der Waals surface area contributed by atoms with Crippen LogP contribution in [-0.2, 0) is 19.2 Å². The number of nitrogens with one attached hydrogen (secondary N) is 2. The van der Waals surface area contributed by atoms with Crippen LogP contribution in [0.1, 0.15) is 12.8 Å². The van der Waals surface area contributed by atoms with Crippen LogP contribution in [0, 0.1) is 0 Å². The van der Waals surface area contributed by atoms with Crippen molar-refractivity contribution < 1.29 is 19.2 Å². The van der Waals surface area contributed by atoms with Gasteiger partial charge < -0.3 is 5.32 Å². The number of rotatable bonds is 3. The Morgan fingerprint density at radius 1 is 1.47 bits per heavy atom. The third kappa shape index (κ3) is 2.13. The first-order chi connectivity index (χ1) is 7.16. The van der Waals surface area contributed by atoms with Crippen LogP contribution < -0.4 is 10.8 Å². The van der Waals surface area contributed by atoms with Crippen molar-refractivity contribution in [1.29, 1.82) is 0 Å². The van der Waals surface area contributed by atoms with E-state index in [-0.39, 0.29) is 43.3 Å². The molecule has 0 aromatic rings. The summed E-state index contributed by atoms with van der Waals surface area (Å²) in [5, 5.41) is 2.56. The number of imide groups is 1. The minimum Gasteiger partial charge on any atom is -0.335 e. The van der Waals surface area contributed by atoms with Crippen LogP contribution >= 0.6 is 0 Å². The SMILES string of the molecule is O=C(CN1C(=O)CCC1=O)NC1CON1. The highest BCUT2D eigenvalue weighted by molar-refractivity contribution is 6.04. The smallest absolute Gasteiger partial charge is 0.241 e. The van der Waals surface area contributed by atoms with Gasteiger partial charge in [-0.25, -0.2) is 0 Å². The van der Waals surface area contributed by atoms with Crippen LogP contribution in [0.2, 0.25) is 0 Å². The molecule has 2 aliphatic rings. The third-order valence-electron chi connectivity index (χ3n) is 2.27. The number of carbonyl (C=O) groups excluding carboxylic acids is 3. The number of likely N-dealkylation sites (tertiary alicyclic amines) is 1. The molecule has 2 aliphatic heterocycles. The monoisotopic (exact) mass is 213 g/mol. The van der Waals surface area contributed by atoms with Gasteiger partial charge in [0.25, 0.3) is 0 Å². The van der Waals surface area contributed by atoms with E-state index >= 15 is 0 Å². The standard InChI is InChI=1S/C8H11N3O4/c12-6(9-5-4-15-10-5)3-11-7(13)1-2-8(11)14/h5,10H,1-4H2,(H,9,12). The fourth-order valence-corrected chi connectivity index (χ4v) is 1.42. The fourth-order valence-electron chi connectivity index (χ4n) is 1.42. The van der Waals surface area contributed by atoms with Crippen molar-refractivity contribution in [2.75, 3.05) is 13.2 Å². The van der Waals surface area contributed by atoms with Gasteiger partial charge in [0.15, 0.2) is 0 Å². The topological polar surface area (TPSA) is 87.7 Å². The van der Waals surface area contributed by atoms with Crippen LogP contribution in [0.15, 0.2) is 0 Å². The van der Waals surface area contributed by atoms with Crippen molar-refractivity contribution >= 4 is 17.7 Å². The maximum atomic E-state index is 11.3. The van der Waals surface area contributed by atoms with E-state index < -0.39 is 0 Å². The minimum absolute atomic E-state index is 0.199. The highest BCUT2D eigenvalue weighted by Crippen LogP contribution is 2.10. The lowest BCUT2D eigenvalue weighted by atomic mass is 10.4. The number of carbonyl (C=O) groups is 3. The van der Waals surface area contributed by atoms with Gasteiger partial charge in [-0.15, -0.1) is 0 Å². The molecule has 2 saturated heterocycles. The van der Waals surface area contributed by atoms with Crippen LogP contribution in [0.4, 0.5) is 0 Å². The van der Waals surface area contributed by atoms with E-state index in [1.165, 1.54) is 0 Å². The number of amides is 3. The zero-order valence-electron chi connectivity index (χ0n) is 7.99. The molecule has 2 rings (SSSR count). The summed E-state index contributed by atoms with van der Waals surface area (Å²) >= 11 is 0. The molecule has 0 bridgehead atoms. The van der Waals surface area contributed by atoms with E-state index in [1.807, 2.05) is 0 Å². The van der Waals surface area contributed by atoms with Crippen molar-refractivity contribution in [2.45, 2.75) is 19.0 Å². The molecule has 0 radical (unpaired) electrons. The first-order valence-electron chi connectivity index (χ1n) is 4.66. The molecule has 2 heterocycles. The van der Waals surface area contributed by atoms with Gasteiger partial charge in [0.05, 0.1) is 0 Å². The van der Waals surface area contributed by atoms with Crippen LogP contribution in [0.25, 0.3) is 0 Å². The quantitative estimate of drug-likeness (QED) is 0.535. The van der Waals surface area contributed by atoms with Crippen molar-refractivity contribution in [3.05, 3.63) is 0 Å². The summed E-state index contributed by atoms with van der Waals surface area (Å²) in [4.78, 5) is 39.3. The van der Waals surface area contributed by atoms with Gasteiger partial charge in [-0.05, 0) is 0 Å². The Labute approximate surface area is 85.7 Å². The van der Waals surface area contributed by atoms with Gasteiger partial charge in [-0.1, -0.05) is 0 Å². The highest BCUT2D eigenvalue weighted by Gasteiger charge is 2.31. The van der Waals surface area contributed by atoms with Gasteiger partial charge >= 0.3 is 0 Å². The molecule has 7 nitrogen and oxygen atoms in total. The second kappa shape index (κ2) is 3.95. The predicted molar refractivity (Wildman–Crippen MR) is 47.0 cm³/mol. The third-order valence-corrected chi connectivity index (χ3v) is 2.27. The summed E-state index contributed by atoms with van der Waals surface area (Å²) in [5.41, 5.74) is 2.50. The summed E-state index contributed by atoms with van der Waals surface area (Å²) in [6.45, 7) is 0.198. The fraction of sp³-hybridized carbons (Fsp3) is 0.625. The average molecular weight is 213 g/mol. The number of hydrogen-bond donors (Lipinski definition) is 2. The molecule has 3 amide bonds. The molecule has 2 fully saturated rings. The summed E-state index contributed by atoms with van der Waals surface area (Å²) in [6, 6.07) is 0. The molecule has 0 aliphatic carbocycles. The average Bonchev–Trinajstić information content (AvgIpc) is 2.43. The van der Waals surface area contributed by atoms with Gasteiger partial charge in [0.2, 0.25) is 17.7 Å². The Hall–Kier alpha value is -1.47. The zero-order chi connectivity index (χ0) is 10.8. The lowest BCUT2D eigenvalue weighted by Crippen LogP contribution is -2.58. The van der Waals surface area contributed by atoms with Crippen LogP contribution in [0.5, 0.6) is 0 Å². The van der Waals surface area contributed by atoms with Crippen molar-refractivity contribution in [1.82, 2.24) is 15.7 Å². The van der Waals surface area contributed by atoms with E-state index in [9.17, 15) is 14.4 Å². The number of hydrogen-bond acceptors (Lipinski definition) is 5. The largest absolute Gasteiger partial charge is 0.335 e. The first-order valence-corrected chi connectivity index (χ1v) is 4.66. The predicted octanol–water partition coefficient (Wildman–Crippen LogP) is -1.89. The number of hydroxylamine groups is 1. The summed E-state index contributed by atoms with van der Waals surface area (Å²) in [7, 11) is 0. The first kappa shape index (κ1) is 10.1. The molecule has 1 unspecified atom stereocenters. The Morgan fingerprint density at radius 2 is 2.07 bits per heavy atom. The normalized spacial score (nSPS) is 25.3. The van der Waals surface area contributed by atoms with Crippen molar-refractivity contribution in [3.63, 3.8) is 0 Å². The van der Waals surface area contributed by atoms with E-state index in [2.05, 4.69) is 15.6 Å². The van der Waals surface area contributed by atoms with Crippen molar-refractivity contribution in [3.8, 4) is 0 Å². The molecule has 7 heteroatoms. The molecular formula is C8H11N3O4. The van der Waals surface area contributed by atoms with E-state index in [0.717, 1.165) is 4.90 Å². The van der Waals surface area contributed by atoms with Gasteiger partial charge in [-0.2, -0.15) is 5.48 Å². The molecule has 2 N–H and O–H groups in total. The minimum atomic E-state index is -0.362. The van der Waals surface area contributed by atoms with E-state index in [0.29, 0.717) is 6.61 Å². The van der Waals surface area contributed by atoms with Crippen LogP contribution in [0.3, 0.4) is 0 Å². The summed E-state index contributed by atoms with van der Waals surface area (Å²) < 4.78 is 0. The Kier molecular flexibility index (Phi) is 2.65. The molecule has 0 spiro atoms. The maximum absolute atomic E-state index is 11.3. The van der Waals surface area contributed by atoms with Gasteiger partial charge in [0.1, 0.15) is 19.3 Å². The second-order valence-corrected chi connectivity index (χ2v) is 3.42. The molecule has 1 atom stereocenters. The Balaban J connectivity index is 1.82. The molecule has 15 heavy (non-hydrogen) atoms. The maximum Gasteiger partial charge on any atom is 0.241 e. The lowest BCUT2D eigenvalue weighted by molar-refractivity contribution is -0.147. The lowest BCUT2D eigenvalue weighted by Gasteiger charge is -2.28. The molecule has 82 valence electrons. The Morgan fingerprint density at radius 3 is 2.53 bits per heavy atom. The molecule has 0 aromatic carbocycles. The van der Waals surface area contributed by atoms with Gasteiger partial charge in [-0.3, -0.25) is 24.1 Å². The highest BCUT2D eigenvalue weighted by atomic mass is 16.7. The molecular weight excluding hydrogens is 202 g/mol. The number of nitrogens with zero attached hydrogens (tertiary/aromatic N) is 1. The van der Waals surface area contributed by atoms with E-state index in [1.54, 1.807) is 0 Å². The van der Waals surface area contributed by atoms with Crippen molar-refractivity contribution in [2.24, 2.45) is 0 Å².